The summed E-state index contributed by atoms with van der Waals surface area (Å²) in [6.45, 7) is 8.98. The number of piperazine rings is 1. The Labute approximate surface area is 241 Å². The van der Waals surface area contributed by atoms with Crippen molar-refractivity contribution in [3.8, 4) is 17.1 Å². The van der Waals surface area contributed by atoms with Crippen molar-refractivity contribution < 1.29 is 5.11 Å². The van der Waals surface area contributed by atoms with E-state index in [1.807, 2.05) is 19.1 Å². The maximum absolute atomic E-state index is 9.90. The van der Waals surface area contributed by atoms with E-state index >= 15 is 0 Å². The number of hydrogen-bond acceptors (Lipinski definition) is 9. The minimum Gasteiger partial charge on any atom is -0.508 e. The van der Waals surface area contributed by atoms with Crippen LogP contribution in [0.1, 0.15) is 29.8 Å². The van der Waals surface area contributed by atoms with Crippen molar-refractivity contribution in [1.29, 1.82) is 0 Å². The molecular weight excluding hydrogens is 512 g/mol. The quantitative estimate of drug-likeness (QED) is 0.345. The number of piperidine rings is 1. The minimum absolute atomic E-state index is 0.187. The molecule has 4 aromatic rings. The average molecular weight is 551 g/mol. The van der Waals surface area contributed by atoms with Gasteiger partial charge in [-0.3, -0.25) is 4.90 Å². The van der Waals surface area contributed by atoms with E-state index in [2.05, 4.69) is 66.3 Å². The maximum Gasteiger partial charge on any atom is 0.161 e. The molecule has 41 heavy (non-hydrogen) atoms. The molecule has 9 heteroatoms. The molecule has 0 aliphatic carbocycles. The Morgan fingerprint density at radius 2 is 1.54 bits per heavy atom. The van der Waals surface area contributed by atoms with Gasteiger partial charge in [0.05, 0.1) is 0 Å². The molecule has 0 unspecified atom stereocenters. The molecule has 2 fully saturated rings. The average Bonchev–Trinajstić information content (AvgIpc) is 3.00. The molecule has 0 spiro atoms. The number of phenols is 1. The summed E-state index contributed by atoms with van der Waals surface area (Å²) in [5.74, 6) is 2.78. The topological polar surface area (TPSA) is 93.5 Å². The van der Waals surface area contributed by atoms with Crippen molar-refractivity contribution in [2.45, 2.75) is 32.2 Å². The Kier molecular flexibility index (Phi) is 8.07. The molecule has 2 aliphatic heterocycles. The van der Waals surface area contributed by atoms with Crippen LogP contribution in [0.25, 0.3) is 11.4 Å². The van der Waals surface area contributed by atoms with Gasteiger partial charge in [-0.15, -0.1) is 0 Å². The number of hydrogen-bond donors (Lipinski definition) is 2. The van der Waals surface area contributed by atoms with Gasteiger partial charge < -0.3 is 20.2 Å². The summed E-state index contributed by atoms with van der Waals surface area (Å²) in [6.07, 6.45) is 6.59. The third kappa shape index (κ3) is 6.64. The molecule has 0 bridgehead atoms. The highest BCUT2D eigenvalue weighted by atomic mass is 16.3. The lowest BCUT2D eigenvalue weighted by molar-refractivity contribution is 0.0982. The monoisotopic (exact) mass is 550 g/mol. The molecular formula is C32H38N8O. The number of aromatic hydroxyl groups is 1. The van der Waals surface area contributed by atoms with Crippen molar-refractivity contribution in [3.63, 3.8) is 0 Å². The van der Waals surface area contributed by atoms with Gasteiger partial charge in [0.25, 0.3) is 0 Å². The molecule has 2 aromatic heterocycles. The van der Waals surface area contributed by atoms with Crippen LogP contribution in [0.3, 0.4) is 0 Å². The molecule has 2 aromatic carbocycles. The number of likely N-dealkylation sites (N-methyl/N-ethyl adjacent to an activating group) is 1. The van der Waals surface area contributed by atoms with E-state index in [0.29, 0.717) is 23.9 Å². The summed E-state index contributed by atoms with van der Waals surface area (Å²) in [4.78, 5) is 25.9. The van der Waals surface area contributed by atoms with Crippen LogP contribution < -0.4 is 10.2 Å². The summed E-state index contributed by atoms with van der Waals surface area (Å²) < 4.78 is 0. The standard InChI is InChI=1S/C32H38N8O/c1-23-3-8-27(41)22-28(23)32-34-14-10-30(37-32)35-29-9-13-33-31(36-29)21-24-4-6-25(7-5-24)39-15-11-26(12-16-39)40-19-17-38(2)18-20-40/h3-10,13-14,22,26,41H,11-12,15-21H2,1-2H3,(H,33,34,35,36,37). The zero-order chi connectivity index (χ0) is 28.2. The van der Waals surface area contributed by atoms with Gasteiger partial charge in [0.1, 0.15) is 23.2 Å². The molecule has 9 nitrogen and oxygen atoms in total. The highest BCUT2D eigenvalue weighted by Gasteiger charge is 2.26. The second-order valence-corrected chi connectivity index (χ2v) is 11.1. The highest BCUT2D eigenvalue weighted by Crippen LogP contribution is 2.26. The molecule has 2 aliphatic rings. The molecule has 0 saturated carbocycles. The first-order chi connectivity index (χ1) is 20.0. The second-order valence-electron chi connectivity index (χ2n) is 11.1. The van der Waals surface area contributed by atoms with Crippen molar-refractivity contribution >= 4 is 17.3 Å². The molecule has 0 radical (unpaired) electrons. The van der Waals surface area contributed by atoms with E-state index in [1.165, 1.54) is 50.3 Å². The fourth-order valence-corrected chi connectivity index (χ4v) is 5.78. The van der Waals surface area contributed by atoms with Gasteiger partial charge in [-0.1, -0.05) is 18.2 Å². The molecule has 2 saturated heterocycles. The molecule has 0 atom stereocenters. The van der Waals surface area contributed by atoms with Gasteiger partial charge in [0.2, 0.25) is 0 Å². The number of aryl methyl sites for hydroxylation is 1. The lowest BCUT2D eigenvalue weighted by Crippen LogP contribution is -2.52. The summed E-state index contributed by atoms with van der Waals surface area (Å²) in [5.41, 5.74) is 4.26. The van der Waals surface area contributed by atoms with Crippen LogP contribution in [-0.2, 0) is 6.42 Å². The van der Waals surface area contributed by atoms with Gasteiger partial charge >= 0.3 is 0 Å². The Morgan fingerprint density at radius 3 is 2.29 bits per heavy atom. The number of nitrogens with one attached hydrogen (secondary N) is 1. The largest absolute Gasteiger partial charge is 0.508 e. The smallest absolute Gasteiger partial charge is 0.161 e. The summed E-state index contributed by atoms with van der Waals surface area (Å²) >= 11 is 0. The maximum atomic E-state index is 9.90. The van der Waals surface area contributed by atoms with Gasteiger partial charge in [-0.05, 0) is 74.3 Å². The lowest BCUT2D eigenvalue weighted by Gasteiger charge is -2.42. The molecule has 6 rings (SSSR count). The Hall–Kier alpha value is -4.08. The van der Waals surface area contributed by atoms with E-state index in [9.17, 15) is 5.11 Å². The number of aromatic nitrogens is 4. The molecule has 0 amide bonds. The van der Waals surface area contributed by atoms with Gasteiger partial charge in [0, 0.05) is 75.4 Å². The van der Waals surface area contributed by atoms with Gasteiger partial charge in [0.15, 0.2) is 5.82 Å². The van der Waals surface area contributed by atoms with E-state index in [4.69, 9.17) is 4.98 Å². The Balaban J connectivity index is 1.06. The first-order valence-corrected chi connectivity index (χ1v) is 14.5. The highest BCUT2D eigenvalue weighted by molar-refractivity contribution is 5.64. The number of rotatable bonds is 7. The van der Waals surface area contributed by atoms with Crippen molar-refractivity contribution in [3.05, 3.63) is 83.9 Å². The van der Waals surface area contributed by atoms with Crippen molar-refractivity contribution in [2.24, 2.45) is 0 Å². The van der Waals surface area contributed by atoms with Crippen LogP contribution in [0.5, 0.6) is 5.75 Å². The van der Waals surface area contributed by atoms with Crippen LogP contribution in [-0.4, -0.2) is 87.2 Å². The van der Waals surface area contributed by atoms with Crippen LogP contribution in [0.4, 0.5) is 17.3 Å². The van der Waals surface area contributed by atoms with Crippen LogP contribution >= 0.6 is 0 Å². The van der Waals surface area contributed by atoms with Gasteiger partial charge in [-0.2, -0.15) is 0 Å². The van der Waals surface area contributed by atoms with Crippen LogP contribution in [0, 0.1) is 6.92 Å². The number of phenolic OH excluding ortho intramolecular Hbond substituents is 1. The lowest BCUT2D eigenvalue weighted by atomic mass is 10.0. The SMILES string of the molecule is Cc1ccc(O)cc1-c1nccc(Nc2ccnc(Cc3ccc(N4CCC(N5CCN(C)CC5)CC4)cc3)n2)n1. The predicted octanol–water partition coefficient (Wildman–Crippen LogP) is 4.50. The van der Waals surface area contributed by atoms with Crippen LogP contribution in [0.2, 0.25) is 0 Å². The summed E-state index contributed by atoms with van der Waals surface area (Å²) in [5, 5.41) is 13.2. The second kappa shape index (κ2) is 12.2. The third-order valence-electron chi connectivity index (χ3n) is 8.26. The fourth-order valence-electron chi connectivity index (χ4n) is 5.78. The van der Waals surface area contributed by atoms with E-state index in [1.54, 1.807) is 30.6 Å². The Bertz CT molecular complexity index is 1460. The van der Waals surface area contributed by atoms with Crippen LogP contribution in [0.15, 0.2) is 67.0 Å². The molecule has 2 N–H and O–H groups in total. The summed E-state index contributed by atoms with van der Waals surface area (Å²) in [7, 11) is 2.22. The zero-order valence-corrected chi connectivity index (χ0v) is 23.9. The molecule has 212 valence electrons. The van der Waals surface area contributed by atoms with Gasteiger partial charge in [-0.25, -0.2) is 19.9 Å². The minimum atomic E-state index is 0.187. The fraction of sp³-hybridized carbons (Fsp3) is 0.375. The number of anilines is 3. The molecule has 4 heterocycles. The normalized spacial score (nSPS) is 17.1. The third-order valence-corrected chi connectivity index (χ3v) is 8.26. The zero-order valence-electron chi connectivity index (χ0n) is 23.9. The first-order valence-electron chi connectivity index (χ1n) is 14.5. The van der Waals surface area contributed by atoms with E-state index in [-0.39, 0.29) is 5.75 Å². The van der Waals surface area contributed by atoms with E-state index in [0.717, 1.165) is 36.1 Å². The van der Waals surface area contributed by atoms with E-state index < -0.39 is 0 Å². The Morgan fingerprint density at radius 1 is 0.829 bits per heavy atom. The predicted molar refractivity (Wildman–Crippen MR) is 163 cm³/mol. The summed E-state index contributed by atoms with van der Waals surface area (Å²) in [6, 6.07) is 18.4. The first kappa shape index (κ1) is 27.1. The number of nitrogens with zero attached hydrogens (tertiary/aromatic N) is 7. The van der Waals surface area contributed by atoms with Crippen molar-refractivity contribution in [2.75, 3.05) is 56.5 Å². The van der Waals surface area contributed by atoms with Crippen molar-refractivity contribution in [1.82, 2.24) is 29.7 Å². The number of benzene rings is 2.